The highest BCUT2D eigenvalue weighted by Crippen LogP contribution is 2.32. The highest BCUT2D eigenvalue weighted by molar-refractivity contribution is 5.93. The van der Waals surface area contributed by atoms with Gasteiger partial charge in [0.1, 0.15) is 5.56 Å². The van der Waals surface area contributed by atoms with Gasteiger partial charge in [-0.15, -0.1) is 6.58 Å². The number of rotatable bonds is 5. The van der Waals surface area contributed by atoms with Gasteiger partial charge in [-0.3, -0.25) is 14.2 Å². The van der Waals surface area contributed by atoms with Crippen LogP contribution in [0, 0.1) is 0 Å². The molecule has 0 saturated heterocycles. The van der Waals surface area contributed by atoms with Crippen LogP contribution in [0.3, 0.4) is 0 Å². The van der Waals surface area contributed by atoms with Crippen LogP contribution in [0.25, 0.3) is 0 Å². The molecule has 0 bridgehead atoms. The molecule has 1 aliphatic rings. The second kappa shape index (κ2) is 6.45. The standard InChI is InChI=1S/C16H15N3O5/c1-2-5-17-14(20)11-7-18-16(22)19(15(11)21)8-10-3-4-12-13(6-10)24-9-23-12/h2-4,6-7H,1,5,8-9H2,(H,17,20)(H,18,22). The lowest BCUT2D eigenvalue weighted by atomic mass is 10.2. The Morgan fingerprint density at radius 3 is 2.92 bits per heavy atom. The number of hydrogen-bond donors (Lipinski definition) is 2. The van der Waals surface area contributed by atoms with Gasteiger partial charge in [0.2, 0.25) is 6.79 Å². The van der Waals surface area contributed by atoms with Crippen LogP contribution in [0.15, 0.2) is 46.6 Å². The number of carbonyl (C=O) groups excluding carboxylic acids is 1. The zero-order chi connectivity index (χ0) is 17.1. The molecule has 0 fully saturated rings. The minimum absolute atomic E-state index is 0.00733. The fourth-order valence-electron chi connectivity index (χ4n) is 2.30. The number of benzene rings is 1. The van der Waals surface area contributed by atoms with E-state index in [0.717, 1.165) is 10.8 Å². The highest BCUT2D eigenvalue weighted by Gasteiger charge is 2.16. The molecule has 124 valence electrons. The van der Waals surface area contributed by atoms with Crippen LogP contribution in [0.4, 0.5) is 0 Å². The smallest absolute Gasteiger partial charge is 0.328 e. The first-order valence-corrected chi connectivity index (χ1v) is 7.20. The van der Waals surface area contributed by atoms with Gasteiger partial charge in [-0.25, -0.2) is 4.79 Å². The van der Waals surface area contributed by atoms with E-state index in [2.05, 4.69) is 16.9 Å². The van der Waals surface area contributed by atoms with Crippen LogP contribution >= 0.6 is 0 Å². The second-order valence-electron chi connectivity index (χ2n) is 5.09. The maximum atomic E-state index is 12.4. The van der Waals surface area contributed by atoms with Crippen molar-refractivity contribution >= 4 is 5.91 Å². The summed E-state index contributed by atoms with van der Waals surface area (Å²) < 4.78 is 11.5. The number of H-pyrrole nitrogens is 1. The van der Waals surface area contributed by atoms with Crippen molar-refractivity contribution in [2.45, 2.75) is 6.54 Å². The maximum Gasteiger partial charge on any atom is 0.328 e. The molecule has 2 aromatic rings. The molecule has 1 aliphatic heterocycles. The van der Waals surface area contributed by atoms with E-state index in [1.807, 2.05) is 0 Å². The van der Waals surface area contributed by atoms with Crippen LogP contribution in [-0.4, -0.2) is 28.8 Å². The zero-order valence-electron chi connectivity index (χ0n) is 12.7. The molecule has 0 radical (unpaired) electrons. The fraction of sp³-hybridized carbons (Fsp3) is 0.188. The van der Waals surface area contributed by atoms with Gasteiger partial charge in [0.25, 0.3) is 11.5 Å². The van der Waals surface area contributed by atoms with Gasteiger partial charge in [-0.05, 0) is 17.7 Å². The van der Waals surface area contributed by atoms with Crippen LogP contribution in [0.2, 0.25) is 0 Å². The first-order valence-electron chi connectivity index (χ1n) is 7.20. The number of aromatic nitrogens is 2. The predicted octanol–water partition coefficient (Wildman–Crippen LogP) is 0.229. The zero-order valence-corrected chi connectivity index (χ0v) is 12.7. The molecule has 2 N–H and O–H groups in total. The van der Waals surface area contributed by atoms with Crippen molar-refractivity contribution in [1.82, 2.24) is 14.9 Å². The molecule has 8 nitrogen and oxygen atoms in total. The van der Waals surface area contributed by atoms with Crippen molar-refractivity contribution in [2.75, 3.05) is 13.3 Å². The van der Waals surface area contributed by atoms with Crippen molar-refractivity contribution in [3.63, 3.8) is 0 Å². The number of hydrogen-bond acceptors (Lipinski definition) is 5. The van der Waals surface area contributed by atoms with Crippen molar-refractivity contribution < 1.29 is 14.3 Å². The van der Waals surface area contributed by atoms with E-state index < -0.39 is 17.2 Å². The first kappa shape index (κ1) is 15.6. The maximum absolute atomic E-state index is 12.4. The second-order valence-corrected chi connectivity index (χ2v) is 5.09. The van der Waals surface area contributed by atoms with E-state index in [9.17, 15) is 14.4 Å². The molecule has 0 spiro atoms. The normalized spacial score (nSPS) is 12.0. The molecule has 0 saturated carbocycles. The van der Waals surface area contributed by atoms with Gasteiger partial charge in [-0.2, -0.15) is 0 Å². The molecule has 2 heterocycles. The lowest BCUT2D eigenvalue weighted by Gasteiger charge is -2.08. The molecule has 0 atom stereocenters. The number of aromatic amines is 1. The Balaban J connectivity index is 1.93. The van der Waals surface area contributed by atoms with E-state index >= 15 is 0 Å². The van der Waals surface area contributed by atoms with Gasteiger partial charge in [0.15, 0.2) is 11.5 Å². The summed E-state index contributed by atoms with van der Waals surface area (Å²) in [6, 6.07) is 5.13. The lowest BCUT2D eigenvalue weighted by Crippen LogP contribution is -2.40. The fourth-order valence-corrected chi connectivity index (χ4v) is 2.30. The van der Waals surface area contributed by atoms with Crippen molar-refractivity contribution in [3.05, 3.63) is 69.0 Å². The SMILES string of the molecule is C=CCNC(=O)c1c[nH]c(=O)n(Cc2ccc3c(c2)OCO3)c1=O. The number of amides is 1. The van der Waals surface area contributed by atoms with Crippen LogP contribution in [0.1, 0.15) is 15.9 Å². The van der Waals surface area contributed by atoms with Crippen molar-refractivity contribution in [3.8, 4) is 11.5 Å². The van der Waals surface area contributed by atoms with Gasteiger partial charge in [0, 0.05) is 12.7 Å². The summed E-state index contributed by atoms with van der Waals surface area (Å²) >= 11 is 0. The monoisotopic (exact) mass is 329 g/mol. The van der Waals surface area contributed by atoms with Gasteiger partial charge in [0.05, 0.1) is 6.54 Å². The molecule has 3 rings (SSSR count). The van der Waals surface area contributed by atoms with E-state index in [0.29, 0.717) is 17.1 Å². The predicted molar refractivity (Wildman–Crippen MR) is 85.5 cm³/mol. The highest BCUT2D eigenvalue weighted by atomic mass is 16.7. The minimum atomic E-state index is -0.669. The third kappa shape index (κ3) is 2.94. The average molecular weight is 329 g/mol. The Morgan fingerprint density at radius 1 is 1.33 bits per heavy atom. The van der Waals surface area contributed by atoms with E-state index in [-0.39, 0.29) is 25.4 Å². The molecular formula is C16H15N3O5. The summed E-state index contributed by atoms with van der Waals surface area (Å²) in [5, 5.41) is 2.51. The molecule has 1 amide bonds. The summed E-state index contributed by atoms with van der Waals surface area (Å²) in [7, 11) is 0. The summed E-state index contributed by atoms with van der Waals surface area (Å²) in [5.41, 5.74) is -0.733. The van der Waals surface area contributed by atoms with Crippen molar-refractivity contribution in [1.29, 1.82) is 0 Å². The van der Waals surface area contributed by atoms with Crippen LogP contribution in [0.5, 0.6) is 11.5 Å². The molecule has 8 heteroatoms. The number of fused-ring (bicyclic) bond motifs is 1. The summed E-state index contributed by atoms with van der Waals surface area (Å²) in [5.74, 6) is 0.588. The number of nitrogens with one attached hydrogen (secondary N) is 2. The Hall–Kier alpha value is -3.29. The van der Waals surface area contributed by atoms with Gasteiger partial charge in [-0.1, -0.05) is 12.1 Å². The van der Waals surface area contributed by atoms with Crippen molar-refractivity contribution in [2.24, 2.45) is 0 Å². The number of ether oxygens (including phenoxy) is 2. The summed E-state index contributed by atoms with van der Waals surface area (Å²) in [4.78, 5) is 38.8. The molecule has 1 aromatic carbocycles. The summed E-state index contributed by atoms with van der Waals surface area (Å²) in [6.07, 6.45) is 2.61. The number of carbonyl (C=O) groups is 1. The van der Waals surface area contributed by atoms with Gasteiger partial charge >= 0.3 is 5.69 Å². The Bertz CT molecular complexity index is 913. The topological polar surface area (TPSA) is 102 Å². The molecule has 0 aliphatic carbocycles. The van der Waals surface area contributed by atoms with E-state index in [4.69, 9.17) is 9.47 Å². The van der Waals surface area contributed by atoms with Gasteiger partial charge < -0.3 is 19.8 Å². The Labute approximate surface area is 136 Å². The average Bonchev–Trinajstić information content (AvgIpc) is 3.04. The Morgan fingerprint density at radius 2 is 2.12 bits per heavy atom. The molecule has 0 unspecified atom stereocenters. The third-order valence-corrected chi connectivity index (χ3v) is 3.49. The van der Waals surface area contributed by atoms with E-state index in [1.54, 1.807) is 18.2 Å². The quantitative estimate of drug-likeness (QED) is 0.765. The number of nitrogens with zero attached hydrogens (tertiary/aromatic N) is 1. The molecular weight excluding hydrogens is 314 g/mol. The van der Waals surface area contributed by atoms with Crippen LogP contribution in [-0.2, 0) is 6.54 Å². The Kier molecular flexibility index (Phi) is 4.19. The third-order valence-electron chi connectivity index (χ3n) is 3.49. The van der Waals surface area contributed by atoms with E-state index in [1.165, 1.54) is 6.08 Å². The minimum Gasteiger partial charge on any atom is -0.454 e. The largest absolute Gasteiger partial charge is 0.454 e. The molecule has 24 heavy (non-hydrogen) atoms. The summed E-state index contributed by atoms with van der Waals surface area (Å²) in [6.45, 7) is 3.85. The first-order chi connectivity index (χ1) is 11.6. The lowest BCUT2D eigenvalue weighted by molar-refractivity contribution is 0.0955. The molecule has 1 aromatic heterocycles. The van der Waals surface area contributed by atoms with Crippen LogP contribution < -0.4 is 26.0 Å².